The zero-order chi connectivity index (χ0) is 17.1. The summed E-state index contributed by atoms with van der Waals surface area (Å²) in [5, 5.41) is 0. The van der Waals surface area contributed by atoms with Gasteiger partial charge in [0.1, 0.15) is 0 Å². The van der Waals surface area contributed by atoms with Gasteiger partial charge in [0.25, 0.3) is 0 Å². The average molecular weight is 321 g/mol. The highest BCUT2D eigenvalue weighted by molar-refractivity contribution is 5.77. The summed E-state index contributed by atoms with van der Waals surface area (Å²) in [5.41, 5.74) is 13.9. The van der Waals surface area contributed by atoms with Gasteiger partial charge < -0.3 is 5.73 Å². The fourth-order valence-corrected chi connectivity index (χ4v) is 3.06. The summed E-state index contributed by atoms with van der Waals surface area (Å²) in [4.78, 5) is 0. The molecule has 4 rings (SSSR count). The molecule has 0 bridgehead atoms. The lowest BCUT2D eigenvalue weighted by atomic mass is 9.96. The Kier molecular flexibility index (Phi) is 4.05. The van der Waals surface area contributed by atoms with Crippen molar-refractivity contribution >= 4 is 5.69 Å². The summed E-state index contributed by atoms with van der Waals surface area (Å²) >= 11 is 0. The summed E-state index contributed by atoms with van der Waals surface area (Å²) in [5.74, 6) is 0. The molecule has 1 heteroatoms. The van der Waals surface area contributed by atoms with Crippen molar-refractivity contribution in [3.05, 3.63) is 103 Å². The van der Waals surface area contributed by atoms with Gasteiger partial charge in [-0.25, -0.2) is 0 Å². The van der Waals surface area contributed by atoms with Crippen LogP contribution in [0.3, 0.4) is 0 Å². The molecule has 0 fully saturated rings. The van der Waals surface area contributed by atoms with Gasteiger partial charge in [-0.05, 0) is 57.6 Å². The van der Waals surface area contributed by atoms with Crippen molar-refractivity contribution in [1.29, 1.82) is 0 Å². The predicted octanol–water partition coefficient (Wildman–Crippen LogP) is 6.27. The lowest BCUT2D eigenvalue weighted by molar-refractivity contribution is 1.57. The SMILES string of the molecule is Nc1ccc(-c2cccc(-c3cccc(-c4ccccc4)c3)c2)cc1. The number of benzene rings is 4. The van der Waals surface area contributed by atoms with E-state index < -0.39 is 0 Å². The minimum absolute atomic E-state index is 0.787. The van der Waals surface area contributed by atoms with Gasteiger partial charge in [0, 0.05) is 5.69 Å². The predicted molar refractivity (Wildman–Crippen MR) is 107 cm³/mol. The first-order valence-electron chi connectivity index (χ1n) is 8.41. The van der Waals surface area contributed by atoms with E-state index in [1.165, 1.54) is 33.4 Å². The maximum absolute atomic E-state index is 5.80. The van der Waals surface area contributed by atoms with E-state index in [0.717, 1.165) is 5.69 Å². The molecule has 1 nitrogen and oxygen atoms in total. The molecule has 0 aromatic heterocycles. The van der Waals surface area contributed by atoms with Crippen LogP contribution in [0.1, 0.15) is 0 Å². The minimum Gasteiger partial charge on any atom is -0.399 e. The average Bonchev–Trinajstić information content (AvgIpc) is 2.69. The fraction of sp³-hybridized carbons (Fsp3) is 0. The van der Waals surface area contributed by atoms with Gasteiger partial charge in [-0.3, -0.25) is 0 Å². The van der Waals surface area contributed by atoms with E-state index >= 15 is 0 Å². The second-order valence-corrected chi connectivity index (χ2v) is 6.15. The van der Waals surface area contributed by atoms with Crippen LogP contribution in [0.4, 0.5) is 5.69 Å². The second-order valence-electron chi connectivity index (χ2n) is 6.15. The molecule has 2 N–H and O–H groups in total. The summed E-state index contributed by atoms with van der Waals surface area (Å²) < 4.78 is 0. The van der Waals surface area contributed by atoms with Crippen LogP contribution in [0.5, 0.6) is 0 Å². The molecular weight excluding hydrogens is 302 g/mol. The number of hydrogen-bond acceptors (Lipinski definition) is 1. The third-order valence-electron chi connectivity index (χ3n) is 4.41. The zero-order valence-electron chi connectivity index (χ0n) is 13.9. The van der Waals surface area contributed by atoms with Gasteiger partial charge >= 0.3 is 0 Å². The molecule has 120 valence electrons. The minimum atomic E-state index is 0.787. The molecule has 0 spiro atoms. The van der Waals surface area contributed by atoms with E-state index in [2.05, 4.69) is 84.9 Å². The highest BCUT2D eigenvalue weighted by atomic mass is 14.5. The van der Waals surface area contributed by atoms with E-state index in [-0.39, 0.29) is 0 Å². The topological polar surface area (TPSA) is 26.0 Å². The molecule has 0 aliphatic carbocycles. The van der Waals surface area contributed by atoms with Crippen molar-refractivity contribution in [2.45, 2.75) is 0 Å². The summed E-state index contributed by atoms with van der Waals surface area (Å²) in [6, 6.07) is 35.8. The first-order chi connectivity index (χ1) is 12.3. The largest absolute Gasteiger partial charge is 0.399 e. The van der Waals surface area contributed by atoms with Crippen LogP contribution in [-0.2, 0) is 0 Å². The van der Waals surface area contributed by atoms with Crippen LogP contribution in [0.2, 0.25) is 0 Å². The molecular formula is C24H19N. The summed E-state index contributed by atoms with van der Waals surface area (Å²) in [6.45, 7) is 0. The lowest BCUT2D eigenvalue weighted by Crippen LogP contribution is -1.85. The van der Waals surface area contributed by atoms with Gasteiger partial charge in [-0.1, -0.05) is 78.9 Å². The van der Waals surface area contributed by atoms with Gasteiger partial charge in [0.2, 0.25) is 0 Å². The van der Waals surface area contributed by atoms with Gasteiger partial charge in [0.15, 0.2) is 0 Å². The Morgan fingerprint density at radius 1 is 0.360 bits per heavy atom. The van der Waals surface area contributed by atoms with E-state index in [0.29, 0.717) is 0 Å². The lowest BCUT2D eigenvalue weighted by Gasteiger charge is -2.09. The molecule has 0 unspecified atom stereocenters. The standard InChI is InChI=1S/C24H19N/c25-24-14-12-19(13-15-24)21-9-5-11-23(17-21)22-10-4-8-20(16-22)18-6-2-1-3-7-18/h1-17H,25H2. The number of anilines is 1. The molecule has 0 aliphatic heterocycles. The Morgan fingerprint density at radius 3 is 1.28 bits per heavy atom. The Morgan fingerprint density at radius 2 is 0.760 bits per heavy atom. The molecule has 0 aliphatic rings. The number of rotatable bonds is 3. The smallest absolute Gasteiger partial charge is 0.0314 e. The van der Waals surface area contributed by atoms with Crippen LogP contribution < -0.4 is 5.73 Å². The highest BCUT2D eigenvalue weighted by Gasteiger charge is 2.04. The van der Waals surface area contributed by atoms with Crippen molar-refractivity contribution < 1.29 is 0 Å². The van der Waals surface area contributed by atoms with Crippen molar-refractivity contribution in [2.24, 2.45) is 0 Å². The molecule has 0 atom stereocenters. The molecule has 0 amide bonds. The van der Waals surface area contributed by atoms with Crippen LogP contribution in [0.15, 0.2) is 103 Å². The van der Waals surface area contributed by atoms with Crippen molar-refractivity contribution in [3.8, 4) is 33.4 Å². The molecule has 0 heterocycles. The Bertz CT molecular complexity index is 986. The Labute approximate surface area is 148 Å². The quantitative estimate of drug-likeness (QED) is 0.442. The van der Waals surface area contributed by atoms with Crippen LogP contribution in [0, 0.1) is 0 Å². The Balaban J connectivity index is 1.73. The maximum Gasteiger partial charge on any atom is 0.0314 e. The first kappa shape index (κ1) is 15.2. The number of nitrogens with two attached hydrogens (primary N) is 1. The number of hydrogen-bond donors (Lipinski definition) is 1. The Hall–Kier alpha value is -3.32. The molecule has 0 saturated heterocycles. The van der Waals surface area contributed by atoms with E-state index in [1.807, 2.05) is 18.2 Å². The van der Waals surface area contributed by atoms with Gasteiger partial charge in [-0.15, -0.1) is 0 Å². The summed E-state index contributed by atoms with van der Waals surface area (Å²) in [6.07, 6.45) is 0. The third kappa shape index (κ3) is 3.31. The molecule has 0 saturated carbocycles. The molecule has 4 aromatic rings. The first-order valence-corrected chi connectivity index (χ1v) is 8.41. The van der Waals surface area contributed by atoms with Crippen LogP contribution in [-0.4, -0.2) is 0 Å². The van der Waals surface area contributed by atoms with Crippen molar-refractivity contribution in [2.75, 3.05) is 5.73 Å². The van der Waals surface area contributed by atoms with Gasteiger partial charge in [-0.2, -0.15) is 0 Å². The van der Waals surface area contributed by atoms with Crippen molar-refractivity contribution in [3.63, 3.8) is 0 Å². The van der Waals surface area contributed by atoms with Crippen LogP contribution in [0.25, 0.3) is 33.4 Å². The maximum atomic E-state index is 5.80. The molecule has 4 aromatic carbocycles. The van der Waals surface area contributed by atoms with E-state index in [4.69, 9.17) is 5.73 Å². The highest BCUT2D eigenvalue weighted by Crippen LogP contribution is 2.29. The number of nitrogen functional groups attached to an aromatic ring is 1. The normalized spacial score (nSPS) is 10.6. The second kappa shape index (κ2) is 6.66. The fourth-order valence-electron chi connectivity index (χ4n) is 3.06. The van der Waals surface area contributed by atoms with Crippen LogP contribution >= 0.6 is 0 Å². The zero-order valence-corrected chi connectivity index (χ0v) is 13.9. The van der Waals surface area contributed by atoms with Crippen molar-refractivity contribution in [1.82, 2.24) is 0 Å². The molecule has 25 heavy (non-hydrogen) atoms. The van der Waals surface area contributed by atoms with E-state index in [9.17, 15) is 0 Å². The monoisotopic (exact) mass is 321 g/mol. The van der Waals surface area contributed by atoms with Gasteiger partial charge in [0.05, 0.1) is 0 Å². The molecule has 0 radical (unpaired) electrons. The summed E-state index contributed by atoms with van der Waals surface area (Å²) in [7, 11) is 0. The third-order valence-corrected chi connectivity index (χ3v) is 4.41. The van der Waals surface area contributed by atoms with E-state index in [1.54, 1.807) is 0 Å².